The predicted octanol–water partition coefficient (Wildman–Crippen LogP) is 2.62. The molecule has 1 heterocycles. The molecule has 4 heteroatoms. The van der Waals surface area contributed by atoms with Gasteiger partial charge < -0.3 is 10.3 Å². The van der Waals surface area contributed by atoms with Crippen molar-refractivity contribution in [2.45, 2.75) is 39.2 Å². The van der Waals surface area contributed by atoms with Crippen LogP contribution in [0.15, 0.2) is 17.1 Å². The Kier molecular flexibility index (Phi) is 3.45. The zero-order valence-electron chi connectivity index (χ0n) is 9.38. The normalized spacial score (nSPS) is 11.7. The Morgan fingerprint density at radius 2 is 2.00 bits per heavy atom. The van der Waals surface area contributed by atoms with Gasteiger partial charge in [-0.2, -0.15) is 0 Å². The summed E-state index contributed by atoms with van der Waals surface area (Å²) < 4.78 is 1.64. The Balaban J connectivity index is 3.43. The average molecular weight is 229 g/mol. The quantitative estimate of drug-likeness (QED) is 0.865. The first kappa shape index (κ1) is 12.1. The third-order valence-corrected chi connectivity index (χ3v) is 3.32. The van der Waals surface area contributed by atoms with Gasteiger partial charge in [-0.25, -0.2) is 0 Å². The molecule has 0 saturated carbocycles. The highest BCUT2D eigenvalue weighted by Crippen LogP contribution is 2.24. The van der Waals surface area contributed by atoms with Crippen LogP contribution in [0.25, 0.3) is 0 Å². The van der Waals surface area contributed by atoms with Crippen LogP contribution >= 0.6 is 11.6 Å². The topological polar surface area (TPSA) is 48.0 Å². The van der Waals surface area contributed by atoms with Gasteiger partial charge in [-0.3, -0.25) is 4.79 Å². The molecule has 0 unspecified atom stereocenters. The highest BCUT2D eigenvalue weighted by molar-refractivity contribution is 6.30. The molecule has 1 aromatic rings. The van der Waals surface area contributed by atoms with E-state index in [2.05, 4.69) is 0 Å². The molecule has 0 radical (unpaired) electrons. The smallest absolute Gasteiger partial charge is 0.274 e. The monoisotopic (exact) mass is 228 g/mol. The Hall–Kier alpha value is -0.960. The molecule has 15 heavy (non-hydrogen) atoms. The Bertz CT molecular complexity index is 408. The lowest BCUT2D eigenvalue weighted by atomic mass is 9.95. The molecule has 0 fully saturated rings. The van der Waals surface area contributed by atoms with Crippen molar-refractivity contribution in [2.24, 2.45) is 0 Å². The number of aromatic nitrogens is 1. The summed E-state index contributed by atoms with van der Waals surface area (Å²) in [5.41, 5.74) is 5.44. The fourth-order valence-electron chi connectivity index (χ4n) is 1.56. The fraction of sp³-hybridized carbons (Fsp3) is 0.545. The maximum atomic E-state index is 11.9. The molecule has 1 rings (SSSR count). The summed E-state index contributed by atoms with van der Waals surface area (Å²) in [5.74, 6) is 0. The van der Waals surface area contributed by atoms with Crippen molar-refractivity contribution in [3.05, 3.63) is 27.6 Å². The van der Waals surface area contributed by atoms with Crippen LogP contribution in [0.5, 0.6) is 0 Å². The summed E-state index contributed by atoms with van der Waals surface area (Å²) in [6.45, 7) is 6.13. The molecular formula is C11H17ClN2O. The van der Waals surface area contributed by atoms with Crippen molar-refractivity contribution in [3.8, 4) is 0 Å². The van der Waals surface area contributed by atoms with Crippen molar-refractivity contribution < 1.29 is 0 Å². The number of rotatable bonds is 3. The van der Waals surface area contributed by atoms with Gasteiger partial charge >= 0.3 is 0 Å². The molecule has 0 bridgehead atoms. The number of anilines is 1. The number of hydrogen-bond donors (Lipinski definition) is 1. The third kappa shape index (κ3) is 2.17. The summed E-state index contributed by atoms with van der Waals surface area (Å²) >= 11 is 5.90. The molecule has 0 aliphatic heterocycles. The van der Waals surface area contributed by atoms with Gasteiger partial charge in [-0.05, 0) is 25.8 Å². The average Bonchev–Trinajstić information content (AvgIpc) is 2.22. The van der Waals surface area contributed by atoms with Crippen LogP contribution < -0.4 is 11.3 Å². The van der Waals surface area contributed by atoms with Crippen LogP contribution in [-0.2, 0) is 5.54 Å². The predicted molar refractivity (Wildman–Crippen MR) is 64.4 cm³/mol. The molecule has 2 N–H and O–H groups in total. The van der Waals surface area contributed by atoms with E-state index >= 15 is 0 Å². The lowest BCUT2D eigenvalue weighted by Gasteiger charge is -2.30. The van der Waals surface area contributed by atoms with Crippen LogP contribution in [0.4, 0.5) is 5.69 Å². The summed E-state index contributed by atoms with van der Waals surface area (Å²) in [6, 6.07) is 1.49. The minimum absolute atomic E-state index is 0.161. The molecule has 0 spiro atoms. The SMILES string of the molecule is CCC(C)(CC)n1cc(Cl)cc(N)c1=O. The minimum atomic E-state index is -0.212. The van der Waals surface area contributed by atoms with E-state index in [1.54, 1.807) is 10.8 Å². The lowest BCUT2D eigenvalue weighted by Crippen LogP contribution is -2.38. The van der Waals surface area contributed by atoms with Gasteiger partial charge in [-0.15, -0.1) is 0 Å². The summed E-state index contributed by atoms with van der Waals surface area (Å²) in [7, 11) is 0. The zero-order chi connectivity index (χ0) is 11.6. The van der Waals surface area contributed by atoms with Gasteiger partial charge in [0.2, 0.25) is 0 Å². The lowest BCUT2D eigenvalue weighted by molar-refractivity contribution is 0.286. The van der Waals surface area contributed by atoms with Crippen molar-refractivity contribution in [1.29, 1.82) is 0 Å². The second-order valence-electron chi connectivity index (χ2n) is 3.99. The molecule has 0 atom stereocenters. The van der Waals surface area contributed by atoms with E-state index in [1.165, 1.54) is 6.07 Å². The van der Waals surface area contributed by atoms with Crippen LogP contribution in [-0.4, -0.2) is 4.57 Å². The van der Waals surface area contributed by atoms with E-state index in [0.29, 0.717) is 5.02 Å². The van der Waals surface area contributed by atoms with Gasteiger partial charge in [0.1, 0.15) is 0 Å². The van der Waals surface area contributed by atoms with E-state index in [-0.39, 0.29) is 16.8 Å². The van der Waals surface area contributed by atoms with Crippen molar-refractivity contribution in [2.75, 3.05) is 5.73 Å². The maximum Gasteiger partial charge on any atom is 0.274 e. The second kappa shape index (κ2) is 4.27. The van der Waals surface area contributed by atoms with Crippen molar-refractivity contribution >= 4 is 17.3 Å². The molecule has 0 aromatic carbocycles. The van der Waals surface area contributed by atoms with Gasteiger partial charge in [-0.1, -0.05) is 25.4 Å². The van der Waals surface area contributed by atoms with E-state index < -0.39 is 0 Å². The number of nitrogen functional groups attached to an aromatic ring is 1. The third-order valence-electron chi connectivity index (χ3n) is 3.12. The highest BCUT2D eigenvalue weighted by Gasteiger charge is 2.23. The minimum Gasteiger partial charge on any atom is -0.394 e. The van der Waals surface area contributed by atoms with Crippen LogP contribution in [0.3, 0.4) is 0 Å². The molecule has 0 saturated heterocycles. The van der Waals surface area contributed by atoms with E-state index in [4.69, 9.17) is 17.3 Å². The first-order valence-corrected chi connectivity index (χ1v) is 5.50. The molecule has 0 amide bonds. The van der Waals surface area contributed by atoms with Gasteiger partial charge in [0.25, 0.3) is 5.56 Å². The number of pyridine rings is 1. The standard InChI is InChI=1S/C11H17ClN2O/c1-4-11(3,5-2)14-7-8(12)6-9(13)10(14)15/h6-7H,4-5,13H2,1-3H3. The number of hydrogen-bond acceptors (Lipinski definition) is 2. The van der Waals surface area contributed by atoms with E-state index in [1.807, 2.05) is 20.8 Å². The largest absolute Gasteiger partial charge is 0.394 e. The molecule has 3 nitrogen and oxygen atoms in total. The zero-order valence-corrected chi connectivity index (χ0v) is 10.1. The number of halogens is 1. The van der Waals surface area contributed by atoms with Crippen molar-refractivity contribution in [3.63, 3.8) is 0 Å². The van der Waals surface area contributed by atoms with Gasteiger partial charge in [0, 0.05) is 11.7 Å². The molecular weight excluding hydrogens is 212 g/mol. The highest BCUT2D eigenvalue weighted by atomic mass is 35.5. The Morgan fingerprint density at radius 1 is 1.47 bits per heavy atom. The summed E-state index contributed by atoms with van der Waals surface area (Å²) in [4.78, 5) is 11.9. The number of nitrogens with two attached hydrogens (primary N) is 1. The van der Waals surface area contributed by atoms with Crippen LogP contribution in [0.2, 0.25) is 5.02 Å². The summed E-state index contributed by atoms with van der Waals surface area (Å²) in [6.07, 6.45) is 3.39. The first-order chi connectivity index (χ1) is 6.94. The maximum absolute atomic E-state index is 11.9. The van der Waals surface area contributed by atoms with E-state index in [0.717, 1.165) is 12.8 Å². The summed E-state index contributed by atoms with van der Waals surface area (Å²) in [5, 5.41) is 0.500. The van der Waals surface area contributed by atoms with E-state index in [9.17, 15) is 4.79 Å². The van der Waals surface area contributed by atoms with Crippen LogP contribution in [0.1, 0.15) is 33.6 Å². The second-order valence-corrected chi connectivity index (χ2v) is 4.43. The van der Waals surface area contributed by atoms with Gasteiger partial charge in [0.15, 0.2) is 0 Å². The molecule has 0 aliphatic carbocycles. The van der Waals surface area contributed by atoms with Crippen molar-refractivity contribution in [1.82, 2.24) is 4.57 Å². The number of nitrogens with zero attached hydrogens (tertiary/aromatic N) is 1. The van der Waals surface area contributed by atoms with Crippen LogP contribution in [0, 0.1) is 0 Å². The molecule has 0 aliphatic rings. The van der Waals surface area contributed by atoms with Gasteiger partial charge in [0.05, 0.1) is 10.7 Å². The molecule has 1 aromatic heterocycles. The Labute approximate surface area is 94.9 Å². The fourth-order valence-corrected chi connectivity index (χ4v) is 1.78. The Morgan fingerprint density at radius 3 is 2.47 bits per heavy atom. The molecule has 84 valence electrons. The first-order valence-electron chi connectivity index (χ1n) is 5.12.